The van der Waals surface area contributed by atoms with E-state index in [1.54, 1.807) is 7.11 Å². The van der Waals surface area contributed by atoms with Crippen LogP contribution in [0.1, 0.15) is 20.3 Å². The van der Waals surface area contributed by atoms with Gasteiger partial charge in [0, 0.05) is 19.6 Å². The second-order valence-electron chi connectivity index (χ2n) is 5.28. The van der Waals surface area contributed by atoms with Gasteiger partial charge >= 0.3 is 0 Å². The number of aliphatic hydroxyl groups excluding tert-OH is 1. The van der Waals surface area contributed by atoms with Crippen LogP contribution in [-0.4, -0.2) is 48.7 Å². The van der Waals surface area contributed by atoms with Gasteiger partial charge in [0.2, 0.25) is 0 Å². The smallest absolute Gasteiger partial charge is 0.186 e. The highest BCUT2D eigenvalue weighted by Crippen LogP contribution is 2.59. The summed E-state index contributed by atoms with van der Waals surface area (Å²) in [5.74, 6) is -0.441. The standard InChI is InChI=1S/C11H18O5/c1-10(2)14-7-8(15-10)11(4-6(11)5-12)16-9(7)13-3/h6-9,12H,4-5H2,1-3H3/t6-,7-,8+,9-,11-/m1/s1. The maximum atomic E-state index is 9.22. The highest BCUT2D eigenvalue weighted by molar-refractivity contribution is 5.18. The summed E-state index contributed by atoms with van der Waals surface area (Å²) in [6.07, 6.45) is 0.133. The molecule has 0 radical (unpaired) electrons. The third-order valence-corrected chi connectivity index (χ3v) is 3.76. The van der Waals surface area contributed by atoms with E-state index in [1.807, 2.05) is 13.8 Å². The lowest BCUT2D eigenvalue weighted by atomic mass is 10.1. The number of fused-ring (bicyclic) bond motifs is 2. The first-order valence-electron chi connectivity index (χ1n) is 5.69. The summed E-state index contributed by atoms with van der Waals surface area (Å²) >= 11 is 0. The van der Waals surface area contributed by atoms with Crippen LogP contribution in [0.5, 0.6) is 0 Å². The van der Waals surface area contributed by atoms with Crippen LogP contribution in [0.15, 0.2) is 0 Å². The van der Waals surface area contributed by atoms with Crippen LogP contribution in [0.25, 0.3) is 0 Å². The second-order valence-corrected chi connectivity index (χ2v) is 5.28. The lowest BCUT2D eigenvalue weighted by molar-refractivity contribution is -0.235. The normalized spacial score (nSPS) is 53.2. The van der Waals surface area contributed by atoms with Crippen molar-refractivity contribution < 1.29 is 24.1 Å². The molecule has 0 amide bonds. The molecule has 1 saturated carbocycles. The van der Waals surface area contributed by atoms with E-state index in [2.05, 4.69) is 0 Å². The van der Waals surface area contributed by atoms with Gasteiger partial charge in [-0.05, 0) is 20.3 Å². The average molecular weight is 230 g/mol. The molecular formula is C11H18O5. The van der Waals surface area contributed by atoms with Gasteiger partial charge in [0.1, 0.15) is 17.8 Å². The third-order valence-electron chi connectivity index (χ3n) is 3.76. The number of rotatable bonds is 2. The zero-order valence-electron chi connectivity index (χ0n) is 9.80. The molecule has 0 aromatic rings. The number of methoxy groups -OCH3 is 1. The maximum Gasteiger partial charge on any atom is 0.186 e. The van der Waals surface area contributed by atoms with E-state index in [4.69, 9.17) is 18.9 Å². The van der Waals surface area contributed by atoms with Crippen LogP contribution in [0, 0.1) is 5.92 Å². The molecule has 5 nitrogen and oxygen atoms in total. The Morgan fingerprint density at radius 1 is 1.31 bits per heavy atom. The first kappa shape index (κ1) is 10.9. The molecule has 0 aromatic carbocycles. The Bertz CT molecular complexity index is 305. The Hall–Kier alpha value is -0.200. The van der Waals surface area contributed by atoms with Gasteiger partial charge in [-0.25, -0.2) is 0 Å². The molecule has 2 heterocycles. The van der Waals surface area contributed by atoms with Crippen molar-refractivity contribution >= 4 is 0 Å². The molecule has 3 aliphatic rings. The molecular weight excluding hydrogens is 212 g/mol. The molecule has 5 atom stereocenters. The lowest BCUT2D eigenvalue weighted by Crippen LogP contribution is -2.33. The van der Waals surface area contributed by atoms with Crippen molar-refractivity contribution in [3.8, 4) is 0 Å². The first-order chi connectivity index (χ1) is 7.52. The summed E-state index contributed by atoms with van der Waals surface area (Å²) in [5, 5.41) is 9.22. The quantitative estimate of drug-likeness (QED) is 0.737. The topological polar surface area (TPSA) is 57.2 Å². The molecule has 0 aromatic heterocycles. The highest BCUT2D eigenvalue weighted by atomic mass is 16.8. The average Bonchev–Trinajstić information content (AvgIpc) is 2.75. The molecule has 5 heteroatoms. The number of hydrogen-bond acceptors (Lipinski definition) is 5. The maximum absolute atomic E-state index is 9.22. The second kappa shape index (κ2) is 3.17. The van der Waals surface area contributed by atoms with Gasteiger partial charge in [0.15, 0.2) is 12.1 Å². The Morgan fingerprint density at radius 3 is 2.62 bits per heavy atom. The van der Waals surface area contributed by atoms with Crippen molar-refractivity contribution in [2.45, 2.75) is 50.2 Å². The molecule has 1 N–H and O–H groups in total. The fraction of sp³-hybridized carbons (Fsp3) is 1.00. The summed E-state index contributed by atoms with van der Waals surface area (Å²) < 4.78 is 22.8. The largest absolute Gasteiger partial charge is 0.396 e. The van der Waals surface area contributed by atoms with Gasteiger partial charge in [-0.3, -0.25) is 0 Å². The summed E-state index contributed by atoms with van der Waals surface area (Å²) in [6, 6.07) is 0. The molecule has 2 saturated heterocycles. The molecule has 1 aliphatic carbocycles. The molecule has 3 fully saturated rings. The molecule has 0 unspecified atom stereocenters. The summed E-state index contributed by atoms with van der Waals surface area (Å²) in [4.78, 5) is 0. The minimum absolute atomic E-state index is 0.121. The van der Waals surface area contributed by atoms with Gasteiger partial charge in [-0.15, -0.1) is 0 Å². The Balaban J connectivity index is 1.85. The number of aliphatic hydroxyl groups is 1. The number of ether oxygens (including phenoxy) is 4. The summed E-state index contributed by atoms with van der Waals surface area (Å²) in [6.45, 7) is 3.91. The van der Waals surface area contributed by atoms with E-state index in [-0.39, 0.29) is 36.6 Å². The van der Waals surface area contributed by atoms with Crippen LogP contribution < -0.4 is 0 Å². The van der Waals surface area contributed by atoms with E-state index >= 15 is 0 Å². The minimum Gasteiger partial charge on any atom is -0.396 e. The summed E-state index contributed by atoms with van der Waals surface area (Å²) in [7, 11) is 1.60. The first-order valence-corrected chi connectivity index (χ1v) is 5.69. The zero-order chi connectivity index (χ0) is 11.6. The minimum atomic E-state index is -0.592. The predicted octanol–water partition coefficient (Wildman–Crippen LogP) is 0.260. The SMILES string of the molecule is CO[C@@H]1O[C@@]2(C[C@@H]2CO)[C@H]2OC(C)(C)O[C@@H]12. The van der Waals surface area contributed by atoms with Crippen molar-refractivity contribution in [2.24, 2.45) is 5.92 Å². The predicted molar refractivity (Wildman–Crippen MR) is 53.6 cm³/mol. The van der Waals surface area contributed by atoms with Crippen LogP contribution in [-0.2, 0) is 18.9 Å². The van der Waals surface area contributed by atoms with Crippen molar-refractivity contribution in [3.05, 3.63) is 0 Å². The van der Waals surface area contributed by atoms with Crippen LogP contribution in [0.4, 0.5) is 0 Å². The lowest BCUT2D eigenvalue weighted by Gasteiger charge is -2.23. The van der Waals surface area contributed by atoms with E-state index in [0.29, 0.717) is 0 Å². The van der Waals surface area contributed by atoms with Crippen molar-refractivity contribution in [2.75, 3.05) is 13.7 Å². The monoisotopic (exact) mass is 230 g/mol. The van der Waals surface area contributed by atoms with E-state index in [9.17, 15) is 5.11 Å². The zero-order valence-corrected chi connectivity index (χ0v) is 9.80. The Morgan fingerprint density at radius 2 is 2.06 bits per heavy atom. The van der Waals surface area contributed by atoms with E-state index in [0.717, 1.165) is 6.42 Å². The van der Waals surface area contributed by atoms with Crippen molar-refractivity contribution in [1.82, 2.24) is 0 Å². The molecule has 92 valence electrons. The molecule has 2 aliphatic heterocycles. The fourth-order valence-corrected chi connectivity index (χ4v) is 2.94. The summed E-state index contributed by atoms with van der Waals surface area (Å²) in [5.41, 5.74) is -0.381. The highest BCUT2D eigenvalue weighted by Gasteiger charge is 2.73. The molecule has 3 rings (SSSR count). The van der Waals surface area contributed by atoms with Gasteiger partial charge < -0.3 is 24.1 Å². The van der Waals surface area contributed by atoms with Crippen LogP contribution in [0.3, 0.4) is 0 Å². The molecule has 1 spiro atoms. The fourth-order valence-electron chi connectivity index (χ4n) is 2.94. The number of hydrogen-bond donors (Lipinski definition) is 1. The third kappa shape index (κ3) is 1.29. The van der Waals surface area contributed by atoms with Crippen LogP contribution >= 0.6 is 0 Å². The molecule has 16 heavy (non-hydrogen) atoms. The van der Waals surface area contributed by atoms with Crippen molar-refractivity contribution in [3.63, 3.8) is 0 Å². The van der Waals surface area contributed by atoms with Gasteiger partial charge in [0.05, 0.1) is 0 Å². The van der Waals surface area contributed by atoms with Gasteiger partial charge in [0.25, 0.3) is 0 Å². The van der Waals surface area contributed by atoms with Crippen molar-refractivity contribution in [1.29, 1.82) is 0 Å². The molecule has 0 bridgehead atoms. The van der Waals surface area contributed by atoms with Gasteiger partial charge in [-0.1, -0.05) is 0 Å². The Labute approximate surface area is 94.6 Å². The van der Waals surface area contributed by atoms with Gasteiger partial charge in [-0.2, -0.15) is 0 Å². The Kier molecular flexibility index (Phi) is 2.17. The van der Waals surface area contributed by atoms with E-state index < -0.39 is 5.79 Å². The van der Waals surface area contributed by atoms with E-state index in [1.165, 1.54) is 0 Å². The van der Waals surface area contributed by atoms with Crippen LogP contribution in [0.2, 0.25) is 0 Å².